The Morgan fingerprint density at radius 1 is 1.28 bits per heavy atom. The van der Waals surface area contributed by atoms with Crippen molar-refractivity contribution in [3.8, 4) is 0 Å². The Morgan fingerprint density at radius 3 is 2.56 bits per heavy atom. The van der Waals surface area contributed by atoms with Crippen molar-refractivity contribution in [2.45, 2.75) is 12.3 Å². The molecular weight excluding hydrogens is 336 g/mol. The van der Waals surface area contributed by atoms with E-state index in [2.05, 4.69) is 4.99 Å². The third kappa shape index (κ3) is 4.94. The van der Waals surface area contributed by atoms with Gasteiger partial charge in [-0.1, -0.05) is 35.9 Å². The Labute approximate surface area is 153 Å². The highest BCUT2D eigenvalue weighted by Crippen LogP contribution is 2.26. The van der Waals surface area contributed by atoms with Crippen molar-refractivity contribution < 1.29 is 9.53 Å². The minimum absolute atomic E-state index is 0.00692. The van der Waals surface area contributed by atoms with Gasteiger partial charge < -0.3 is 10.5 Å². The van der Waals surface area contributed by atoms with Crippen LogP contribution in [0.4, 0.5) is 0 Å². The van der Waals surface area contributed by atoms with Crippen LogP contribution in [0.25, 0.3) is 0 Å². The van der Waals surface area contributed by atoms with Gasteiger partial charge in [0.15, 0.2) is 0 Å². The summed E-state index contributed by atoms with van der Waals surface area (Å²) in [5.41, 5.74) is 9.09. The third-order valence-electron chi connectivity index (χ3n) is 3.95. The maximum Gasteiger partial charge on any atom is 0.337 e. The first-order chi connectivity index (χ1) is 12.1. The molecule has 0 bridgehead atoms. The molecule has 0 saturated carbocycles. The predicted molar refractivity (Wildman–Crippen MR) is 102 cm³/mol. The highest BCUT2D eigenvalue weighted by molar-refractivity contribution is 6.30. The molecular formula is C20H21ClN2O2. The number of carbonyl (C=O) groups excluding carboxylic acids is 1. The number of nitrogens with two attached hydrogens (primary N) is 1. The topological polar surface area (TPSA) is 64.7 Å². The number of aliphatic imine (C=N–C) groups is 1. The van der Waals surface area contributed by atoms with Gasteiger partial charge in [0.1, 0.15) is 0 Å². The lowest BCUT2D eigenvalue weighted by molar-refractivity contribution is 0.0600. The summed E-state index contributed by atoms with van der Waals surface area (Å²) in [6.45, 7) is 0. The van der Waals surface area contributed by atoms with E-state index in [4.69, 9.17) is 22.1 Å². The van der Waals surface area contributed by atoms with Crippen molar-refractivity contribution in [3.05, 3.63) is 82.5 Å². The molecule has 2 rings (SSSR count). The van der Waals surface area contributed by atoms with E-state index in [0.717, 1.165) is 16.8 Å². The van der Waals surface area contributed by atoms with Crippen LogP contribution >= 0.6 is 11.6 Å². The standard InChI is InChI=1S/C20H21ClN2O2/c1-23-19(10-11-22)18(16-4-3-5-17(21)13-16)12-14-6-8-15(9-7-14)20(24)25-2/h3-11,13,18H,12,22H2,1-2H3. The lowest BCUT2D eigenvalue weighted by Crippen LogP contribution is -2.14. The SMILES string of the molecule is CN=C(C=CN)C(Cc1ccc(C(=O)OC)cc1)c1cccc(Cl)c1. The van der Waals surface area contributed by atoms with Crippen LogP contribution in [0.1, 0.15) is 27.4 Å². The van der Waals surface area contributed by atoms with E-state index in [1.165, 1.54) is 13.3 Å². The second-order valence-corrected chi connectivity index (χ2v) is 5.94. The van der Waals surface area contributed by atoms with Gasteiger partial charge in [-0.3, -0.25) is 4.99 Å². The van der Waals surface area contributed by atoms with Crippen LogP contribution in [0.3, 0.4) is 0 Å². The molecule has 0 heterocycles. The average Bonchev–Trinajstić information content (AvgIpc) is 2.64. The zero-order valence-electron chi connectivity index (χ0n) is 14.3. The second kappa shape index (κ2) is 9.04. The molecule has 0 amide bonds. The largest absolute Gasteiger partial charge is 0.465 e. The van der Waals surface area contributed by atoms with E-state index >= 15 is 0 Å². The van der Waals surface area contributed by atoms with Crippen molar-refractivity contribution in [2.24, 2.45) is 10.7 Å². The summed E-state index contributed by atoms with van der Waals surface area (Å²) in [6, 6.07) is 15.1. The number of carbonyl (C=O) groups is 1. The lowest BCUT2D eigenvalue weighted by Gasteiger charge is -2.18. The van der Waals surface area contributed by atoms with E-state index < -0.39 is 0 Å². The fourth-order valence-corrected chi connectivity index (χ4v) is 2.89. The molecule has 0 aliphatic rings. The first-order valence-corrected chi connectivity index (χ1v) is 8.24. The molecule has 0 aromatic heterocycles. The Morgan fingerprint density at radius 2 is 2.00 bits per heavy atom. The fraction of sp³-hybridized carbons (Fsp3) is 0.200. The maximum atomic E-state index is 11.6. The Kier molecular flexibility index (Phi) is 6.78. The zero-order valence-corrected chi connectivity index (χ0v) is 15.0. The van der Waals surface area contributed by atoms with Gasteiger partial charge in [-0.05, 0) is 54.1 Å². The molecule has 0 fully saturated rings. The number of rotatable bonds is 6. The quantitative estimate of drug-likeness (QED) is 0.628. The van der Waals surface area contributed by atoms with Crippen molar-refractivity contribution in [1.29, 1.82) is 0 Å². The number of hydrogen-bond acceptors (Lipinski definition) is 4. The van der Waals surface area contributed by atoms with Crippen LogP contribution in [0.5, 0.6) is 0 Å². The van der Waals surface area contributed by atoms with Crippen molar-refractivity contribution >= 4 is 23.3 Å². The molecule has 25 heavy (non-hydrogen) atoms. The van der Waals surface area contributed by atoms with Crippen LogP contribution in [-0.2, 0) is 11.2 Å². The fourth-order valence-electron chi connectivity index (χ4n) is 2.69. The molecule has 0 aliphatic heterocycles. The average molecular weight is 357 g/mol. The summed E-state index contributed by atoms with van der Waals surface area (Å²) < 4.78 is 4.73. The highest BCUT2D eigenvalue weighted by Gasteiger charge is 2.18. The molecule has 2 N–H and O–H groups in total. The van der Waals surface area contributed by atoms with Crippen molar-refractivity contribution in [1.82, 2.24) is 0 Å². The number of hydrogen-bond donors (Lipinski definition) is 1. The number of nitrogens with zero attached hydrogens (tertiary/aromatic N) is 1. The molecule has 130 valence electrons. The van der Waals surface area contributed by atoms with Gasteiger partial charge in [0, 0.05) is 23.7 Å². The van der Waals surface area contributed by atoms with Crippen LogP contribution in [-0.4, -0.2) is 25.8 Å². The normalized spacial score (nSPS) is 13.0. The van der Waals surface area contributed by atoms with Crippen LogP contribution in [0.2, 0.25) is 5.02 Å². The second-order valence-electron chi connectivity index (χ2n) is 5.51. The molecule has 2 aromatic rings. The minimum Gasteiger partial charge on any atom is -0.465 e. The lowest BCUT2D eigenvalue weighted by atomic mass is 9.87. The molecule has 0 aliphatic carbocycles. The van der Waals surface area contributed by atoms with Gasteiger partial charge in [0.2, 0.25) is 0 Å². The molecule has 0 spiro atoms. The van der Waals surface area contributed by atoms with E-state index in [0.29, 0.717) is 17.0 Å². The monoisotopic (exact) mass is 356 g/mol. The smallest absolute Gasteiger partial charge is 0.337 e. The minimum atomic E-state index is -0.347. The van der Waals surface area contributed by atoms with Gasteiger partial charge in [-0.25, -0.2) is 4.79 Å². The highest BCUT2D eigenvalue weighted by atomic mass is 35.5. The number of esters is 1. The van der Waals surface area contributed by atoms with Gasteiger partial charge in [0.05, 0.1) is 12.7 Å². The molecule has 2 aromatic carbocycles. The molecule has 0 saturated heterocycles. The number of methoxy groups -OCH3 is 1. The maximum absolute atomic E-state index is 11.6. The predicted octanol–water partition coefficient (Wildman–Crippen LogP) is 4.00. The summed E-state index contributed by atoms with van der Waals surface area (Å²) in [5, 5.41) is 0.677. The molecule has 1 unspecified atom stereocenters. The van der Waals surface area contributed by atoms with E-state index in [-0.39, 0.29) is 11.9 Å². The molecule has 5 heteroatoms. The Bertz CT molecular complexity index is 783. The van der Waals surface area contributed by atoms with Crippen LogP contribution in [0, 0.1) is 0 Å². The summed E-state index contributed by atoms with van der Waals surface area (Å²) in [7, 11) is 3.11. The van der Waals surface area contributed by atoms with E-state index in [1.807, 2.05) is 36.4 Å². The Balaban J connectivity index is 2.34. The van der Waals surface area contributed by atoms with E-state index in [1.54, 1.807) is 25.3 Å². The first kappa shape index (κ1) is 18.7. The van der Waals surface area contributed by atoms with Gasteiger partial charge in [-0.15, -0.1) is 0 Å². The molecule has 0 radical (unpaired) electrons. The number of ether oxygens (including phenoxy) is 1. The first-order valence-electron chi connectivity index (χ1n) is 7.86. The summed E-state index contributed by atoms with van der Waals surface area (Å²) in [6.07, 6.45) is 3.99. The van der Waals surface area contributed by atoms with E-state index in [9.17, 15) is 4.79 Å². The van der Waals surface area contributed by atoms with Crippen molar-refractivity contribution in [2.75, 3.05) is 14.2 Å². The molecule has 4 nitrogen and oxygen atoms in total. The van der Waals surface area contributed by atoms with Gasteiger partial charge in [-0.2, -0.15) is 0 Å². The van der Waals surface area contributed by atoms with Crippen LogP contribution < -0.4 is 5.73 Å². The summed E-state index contributed by atoms with van der Waals surface area (Å²) in [5.74, 6) is -0.340. The molecule has 1 atom stereocenters. The number of benzene rings is 2. The number of halogens is 1. The van der Waals surface area contributed by atoms with Crippen molar-refractivity contribution in [3.63, 3.8) is 0 Å². The summed E-state index contributed by atoms with van der Waals surface area (Å²) in [4.78, 5) is 15.9. The van der Waals surface area contributed by atoms with Gasteiger partial charge in [0.25, 0.3) is 0 Å². The van der Waals surface area contributed by atoms with Crippen LogP contribution in [0.15, 0.2) is 65.8 Å². The number of allylic oxidation sites excluding steroid dienone is 1. The summed E-state index contributed by atoms with van der Waals surface area (Å²) >= 11 is 6.15. The Hall–Kier alpha value is -2.59. The van der Waals surface area contributed by atoms with Gasteiger partial charge >= 0.3 is 5.97 Å². The zero-order chi connectivity index (χ0) is 18.2. The third-order valence-corrected chi connectivity index (χ3v) is 4.18.